The first kappa shape index (κ1) is 23.8. The Hall–Kier alpha value is -1.45. The minimum Gasteiger partial charge on any atom is -0.356 e. The first-order valence-corrected chi connectivity index (χ1v) is 9.96. The second-order valence-electron chi connectivity index (χ2n) is 6.99. The van der Waals surface area contributed by atoms with E-state index in [0.29, 0.717) is 17.1 Å². The molecule has 29 heavy (non-hydrogen) atoms. The van der Waals surface area contributed by atoms with Crippen LogP contribution in [0.2, 0.25) is 5.02 Å². The molecule has 1 aromatic carbocycles. The van der Waals surface area contributed by atoms with E-state index in [2.05, 4.69) is 38.1 Å². The van der Waals surface area contributed by atoms with Crippen LogP contribution in [0.25, 0.3) is 0 Å². The van der Waals surface area contributed by atoms with Crippen LogP contribution in [0.4, 0.5) is 4.39 Å². The van der Waals surface area contributed by atoms with Crippen molar-refractivity contribution in [2.45, 2.75) is 19.9 Å². The molecule has 0 aliphatic carbocycles. The number of aryl methyl sites for hydroxylation is 1. The molecule has 3 rings (SSSR count). The number of aromatic nitrogens is 1. The third kappa shape index (κ3) is 6.52. The molecular weight excluding hydrogens is 504 g/mol. The van der Waals surface area contributed by atoms with Crippen molar-refractivity contribution in [1.29, 1.82) is 0 Å². The van der Waals surface area contributed by atoms with E-state index >= 15 is 0 Å². The number of halogens is 3. The lowest BCUT2D eigenvalue weighted by Crippen LogP contribution is -2.52. The summed E-state index contributed by atoms with van der Waals surface area (Å²) in [5.74, 6) is 0.675. The largest absolute Gasteiger partial charge is 0.356 e. The predicted octanol–water partition coefficient (Wildman–Crippen LogP) is 3.74. The minimum atomic E-state index is -0.237. The van der Waals surface area contributed by atoms with Gasteiger partial charge in [-0.25, -0.2) is 4.39 Å². The van der Waals surface area contributed by atoms with Gasteiger partial charge in [-0.05, 0) is 42.7 Å². The van der Waals surface area contributed by atoms with Crippen LogP contribution in [0.3, 0.4) is 0 Å². The van der Waals surface area contributed by atoms with Crippen molar-refractivity contribution in [3.8, 4) is 0 Å². The van der Waals surface area contributed by atoms with Crippen LogP contribution in [0, 0.1) is 12.7 Å². The van der Waals surface area contributed by atoms with Crippen molar-refractivity contribution in [1.82, 2.24) is 20.1 Å². The fraction of sp³-hybridized carbons (Fsp3) is 0.429. The van der Waals surface area contributed by atoms with E-state index in [4.69, 9.17) is 11.6 Å². The van der Waals surface area contributed by atoms with Gasteiger partial charge in [-0.1, -0.05) is 17.7 Å². The second kappa shape index (κ2) is 11.7. The number of rotatable bonds is 5. The third-order valence-electron chi connectivity index (χ3n) is 5.14. The van der Waals surface area contributed by atoms with E-state index < -0.39 is 0 Å². The van der Waals surface area contributed by atoms with Gasteiger partial charge in [0, 0.05) is 69.3 Å². The van der Waals surface area contributed by atoms with Gasteiger partial charge in [0.15, 0.2) is 5.96 Å². The summed E-state index contributed by atoms with van der Waals surface area (Å²) in [6.07, 6.45) is 4.66. The Balaban J connectivity index is 0.00000300. The highest BCUT2D eigenvalue weighted by Gasteiger charge is 2.21. The Morgan fingerprint density at radius 2 is 2.00 bits per heavy atom. The molecule has 0 saturated carbocycles. The molecular formula is C21H28ClFIN5. The lowest BCUT2D eigenvalue weighted by molar-refractivity contribution is 0.171. The Bertz CT molecular complexity index is 804. The molecule has 2 heterocycles. The molecule has 1 N–H and O–H groups in total. The number of nitrogens with one attached hydrogen (secondary N) is 1. The summed E-state index contributed by atoms with van der Waals surface area (Å²) in [5, 5.41) is 3.95. The van der Waals surface area contributed by atoms with Crippen molar-refractivity contribution in [2.24, 2.45) is 4.99 Å². The molecule has 1 aliphatic heterocycles. The van der Waals surface area contributed by atoms with Crippen LogP contribution in [-0.2, 0) is 13.0 Å². The van der Waals surface area contributed by atoms with E-state index in [1.807, 2.05) is 19.4 Å². The number of nitrogens with zero attached hydrogens (tertiary/aromatic N) is 4. The highest BCUT2D eigenvalue weighted by molar-refractivity contribution is 14.0. The molecule has 5 nitrogen and oxygen atoms in total. The molecule has 0 bridgehead atoms. The Labute approximate surface area is 194 Å². The Kier molecular flexibility index (Phi) is 9.58. The van der Waals surface area contributed by atoms with E-state index in [0.717, 1.165) is 45.1 Å². The second-order valence-corrected chi connectivity index (χ2v) is 7.40. The molecule has 0 spiro atoms. The van der Waals surface area contributed by atoms with Gasteiger partial charge < -0.3 is 10.2 Å². The summed E-state index contributed by atoms with van der Waals surface area (Å²) in [7, 11) is 1.81. The molecule has 0 amide bonds. The fourth-order valence-corrected chi connectivity index (χ4v) is 3.67. The van der Waals surface area contributed by atoms with Crippen LogP contribution in [0.5, 0.6) is 0 Å². The molecule has 158 valence electrons. The van der Waals surface area contributed by atoms with Crippen molar-refractivity contribution in [3.05, 3.63) is 64.2 Å². The number of hydrogen-bond donors (Lipinski definition) is 1. The van der Waals surface area contributed by atoms with E-state index in [9.17, 15) is 4.39 Å². The zero-order valence-corrected chi connectivity index (χ0v) is 20.0. The summed E-state index contributed by atoms with van der Waals surface area (Å²) < 4.78 is 14.0. The van der Waals surface area contributed by atoms with Gasteiger partial charge in [0.1, 0.15) is 5.82 Å². The van der Waals surface area contributed by atoms with Crippen LogP contribution in [0.1, 0.15) is 16.7 Å². The monoisotopic (exact) mass is 531 g/mol. The zero-order valence-electron chi connectivity index (χ0n) is 16.9. The van der Waals surface area contributed by atoms with E-state index in [-0.39, 0.29) is 29.8 Å². The molecule has 1 aliphatic rings. The lowest BCUT2D eigenvalue weighted by atomic mass is 10.1. The molecule has 1 saturated heterocycles. The molecule has 0 atom stereocenters. The summed E-state index contributed by atoms with van der Waals surface area (Å²) in [4.78, 5) is 13.0. The van der Waals surface area contributed by atoms with Crippen LogP contribution < -0.4 is 5.32 Å². The first-order chi connectivity index (χ1) is 13.6. The SMILES string of the molecule is CN=C(NCCc1ccncc1C)N1CCN(Cc2c(F)cccc2Cl)CC1.I. The molecule has 0 radical (unpaired) electrons. The molecule has 2 aromatic rings. The molecule has 1 aromatic heterocycles. The maximum Gasteiger partial charge on any atom is 0.193 e. The topological polar surface area (TPSA) is 43.8 Å². The quantitative estimate of drug-likeness (QED) is 0.363. The highest BCUT2D eigenvalue weighted by atomic mass is 127. The normalized spacial score (nSPS) is 15.2. The third-order valence-corrected chi connectivity index (χ3v) is 5.50. The molecule has 0 unspecified atom stereocenters. The number of guanidine groups is 1. The van der Waals surface area contributed by atoms with Gasteiger partial charge in [-0.15, -0.1) is 24.0 Å². The van der Waals surface area contributed by atoms with E-state index in [1.165, 1.54) is 17.2 Å². The summed E-state index contributed by atoms with van der Waals surface area (Å²) in [6, 6.07) is 6.91. The van der Waals surface area contributed by atoms with Gasteiger partial charge in [0.05, 0.1) is 0 Å². The van der Waals surface area contributed by atoms with Gasteiger partial charge in [-0.2, -0.15) is 0 Å². The van der Waals surface area contributed by atoms with Gasteiger partial charge in [0.25, 0.3) is 0 Å². The summed E-state index contributed by atoms with van der Waals surface area (Å²) >= 11 is 6.16. The smallest absolute Gasteiger partial charge is 0.193 e. The predicted molar refractivity (Wildman–Crippen MR) is 128 cm³/mol. The average Bonchev–Trinajstić information content (AvgIpc) is 2.70. The number of aliphatic imine (C=N–C) groups is 1. The fourth-order valence-electron chi connectivity index (χ4n) is 3.45. The molecule has 1 fully saturated rings. The maximum atomic E-state index is 14.0. The molecule has 8 heteroatoms. The van der Waals surface area contributed by atoms with Gasteiger partial charge in [0.2, 0.25) is 0 Å². The zero-order chi connectivity index (χ0) is 19.9. The van der Waals surface area contributed by atoms with Gasteiger partial charge in [-0.3, -0.25) is 14.9 Å². The minimum absolute atomic E-state index is 0. The van der Waals surface area contributed by atoms with Crippen molar-refractivity contribution < 1.29 is 4.39 Å². The average molecular weight is 532 g/mol. The number of benzene rings is 1. The Morgan fingerprint density at radius 1 is 1.24 bits per heavy atom. The number of pyridine rings is 1. The summed E-state index contributed by atoms with van der Waals surface area (Å²) in [6.45, 7) is 6.82. The van der Waals surface area contributed by atoms with Crippen molar-refractivity contribution >= 4 is 41.5 Å². The van der Waals surface area contributed by atoms with Crippen LogP contribution in [0.15, 0.2) is 41.7 Å². The van der Waals surface area contributed by atoms with Crippen LogP contribution >= 0.6 is 35.6 Å². The number of hydrogen-bond acceptors (Lipinski definition) is 3. The lowest BCUT2D eigenvalue weighted by Gasteiger charge is -2.36. The Morgan fingerprint density at radius 3 is 2.66 bits per heavy atom. The standard InChI is InChI=1S/C21H27ClFN5.HI/c1-16-14-25-8-6-17(16)7-9-26-21(24-2)28-12-10-27(11-13-28)15-18-19(22)4-3-5-20(18)23;/h3-6,8,14H,7,9-13,15H2,1-2H3,(H,24,26);1H. The van der Waals surface area contributed by atoms with Crippen molar-refractivity contribution in [3.63, 3.8) is 0 Å². The highest BCUT2D eigenvalue weighted by Crippen LogP contribution is 2.21. The first-order valence-electron chi connectivity index (χ1n) is 9.59. The number of piperazine rings is 1. The van der Waals surface area contributed by atoms with Gasteiger partial charge >= 0.3 is 0 Å². The maximum absolute atomic E-state index is 14.0. The summed E-state index contributed by atoms with van der Waals surface area (Å²) in [5.41, 5.74) is 3.08. The van der Waals surface area contributed by atoms with Crippen LogP contribution in [-0.4, -0.2) is 60.5 Å². The van der Waals surface area contributed by atoms with Crippen molar-refractivity contribution in [2.75, 3.05) is 39.8 Å². The van der Waals surface area contributed by atoms with E-state index in [1.54, 1.807) is 12.1 Å².